The highest BCUT2D eigenvalue weighted by atomic mass is 35.5. The molecule has 0 bridgehead atoms. The van der Waals surface area contributed by atoms with Gasteiger partial charge in [0.1, 0.15) is 5.41 Å². The van der Waals surface area contributed by atoms with Crippen LogP contribution in [0.5, 0.6) is 0 Å². The average Bonchev–Trinajstić information content (AvgIpc) is 3.01. The molecule has 0 saturated heterocycles. The van der Waals surface area contributed by atoms with Crippen LogP contribution in [-0.2, 0) is 10.2 Å². The molecule has 0 atom stereocenters. The van der Waals surface area contributed by atoms with Gasteiger partial charge < -0.3 is 9.80 Å². The van der Waals surface area contributed by atoms with E-state index < -0.39 is 5.41 Å². The third-order valence-electron chi connectivity index (χ3n) is 5.36. The predicted molar refractivity (Wildman–Crippen MR) is 131 cm³/mol. The Bertz CT molecular complexity index is 899. The molecule has 2 aromatic rings. The Morgan fingerprint density at radius 2 is 1.58 bits per heavy atom. The van der Waals surface area contributed by atoms with E-state index in [2.05, 4.69) is 17.9 Å². The first-order valence-corrected chi connectivity index (χ1v) is 11.4. The molecule has 0 N–H and O–H groups in total. The minimum Gasteiger partial charge on any atom is -0.309 e. The maximum Gasteiger partial charge on any atom is 0.247 e. The minimum atomic E-state index is -1.09. The van der Waals surface area contributed by atoms with Crippen LogP contribution < -0.4 is 0 Å². The number of carbonyl (C=O) groups excluding carboxylic acids is 1. The summed E-state index contributed by atoms with van der Waals surface area (Å²) in [7, 11) is 4.07. The van der Waals surface area contributed by atoms with Gasteiger partial charge in [-0.3, -0.25) is 4.79 Å². The van der Waals surface area contributed by atoms with E-state index in [0.29, 0.717) is 12.1 Å². The van der Waals surface area contributed by atoms with Crippen LogP contribution in [0.1, 0.15) is 30.9 Å². The minimum absolute atomic E-state index is 0. The molecule has 0 aliphatic carbocycles. The van der Waals surface area contributed by atoms with Crippen molar-refractivity contribution in [2.75, 3.05) is 32.9 Å². The molecule has 1 aliphatic rings. The second-order valence-corrected chi connectivity index (χ2v) is 8.82. The molecule has 6 heteroatoms. The summed E-state index contributed by atoms with van der Waals surface area (Å²) in [5, 5.41) is 11.2. The highest BCUT2D eigenvalue weighted by Crippen LogP contribution is 2.50. The van der Waals surface area contributed by atoms with Crippen LogP contribution in [0.4, 0.5) is 0 Å². The Kier molecular flexibility index (Phi) is 9.18. The van der Waals surface area contributed by atoms with Crippen molar-refractivity contribution in [1.29, 1.82) is 5.26 Å². The molecule has 0 fully saturated rings. The second kappa shape index (κ2) is 11.4. The van der Waals surface area contributed by atoms with E-state index in [1.165, 1.54) is 0 Å². The molecule has 0 aromatic heterocycles. The van der Waals surface area contributed by atoms with Crippen LogP contribution in [0.3, 0.4) is 0 Å². The highest BCUT2D eigenvalue weighted by molar-refractivity contribution is 8.03. The third kappa shape index (κ3) is 4.82. The summed E-state index contributed by atoms with van der Waals surface area (Å²) in [5.74, 6) is 0.853. The first-order chi connectivity index (χ1) is 14.6. The molecule has 4 nitrogen and oxygen atoms in total. The molecule has 0 unspecified atom stereocenters. The highest BCUT2D eigenvalue weighted by Gasteiger charge is 2.55. The molecule has 164 valence electrons. The van der Waals surface area contributed by atoms with Crippen molar-refractivity contribution >= 4 is 30.1 Å². The summed E-state index contributed by atoms with van der Waals surface area (Å²) in [4.78, 5) is 18.1. The predicted octanol–water partition coefficient (Wildman–Crippen LogP) is 5.07. The van der Waals surface area contributed by atoms with Crippen molar-refractivity contribution in [2.24, 2.45) is 0 Å². The number of nitrogens with zero attached hydrogens (tertiary/aromatic N) is 3. The fraction of sp³-hybridized carbons (Fsp3) is 0.360. The molecule has 1 aliphatic heterocycles. The molecule has 0 spiro atoms. The average molecular weight is 456 g/mol. The van der Waals surface area contributed by atoms with Gasteiger partial charge in [0.25, 0.3) is 0 Å². The van der Waals surface area contributed by atoms with E-state index in [1.54, 1.807) is 11.8 Å². The van der Waals surface area contributed by atoms with Gasteiger partial charge in [0, 0.05) is 6.54 Å². The number of hydrogen-bond donors (Lipinski definition) is 0. The SMILES string of the molecule is CCCSC1=C(C#N)C(c2ccccc2)(c2ccccc2)C(=O)N1CCCN(C)C.Cl. The fourth-order valence-electron chi connectivity index (χ4n) is 4.00. The topological polar surface area (TPSA) is 47.3 Å². The monoisotopic (exact) mass is 455 g/mol. The van der Waals surface area contributed by atoms with Gasteiger partial charge in [0.15, 0.2) is 0 Å². The number of amides is 1. The van der Waals surface area contributed by atoms with E-state index in [-0.39, 0.29) is 18.3 Å². The zero-order valence-electron chi connectivity index (χ0n) is 18.4. The van der Waals surface area contributed by atoms with Crippen LogP contribution in [0.25, 0.3) is 0 Å². The number of thioether (sulfide) groups is 1. The molecule has 3 rings (SSSR count). The lowest BCUT2D eigenvalue weighted by atomic mass is 9.70. The normalized spacial score (nSPS) is 15.2. The summed E-state index contributed by atoms with van der Waals surface area (Å²) >= 11 is 1.63. The number of rotatable bonds is 9. The Balaban J connectivity index is 0.00000341. The maximum atomic E-state index is 14.2. The van der Waals surface area contributed by atoms with Crippen LogP contribution >= 0.6 is 24.2 Å². The molecule has 31 heavy (non-hydrogen) atoms. The van der Waals surface area contributed by atoms with Gasteiger partial charge in [0.2, 0.25) is 5.91 Å². The van der Waals surface area contributed by atoms with E-state index in [1.807, 2.05) is 79.7 Å². The molecule has 1 heterocycles. The van der Waals surface area contributed by atoms with Gasteiger partial charge in [-0.25, -0.2) is 0 Å². The molecular formula is C25H30ClN3OS. The van der Waals surface area contributed by atoms with Gasteiger partial charge in [-0.15, -0.1) is 24.2 Å². The Morgan fingerprint density at radius 1 is 1.03 bits per heavy atom. The lowest BCUT2D eigenvalue weighted by Gasteiger charge is -2.30. The van der Waals surface area contributed by atoms with Crippen LogP contribution in [0.2, 0.25) is 0 Å². The maximum absolute atomic E-state index is 14.2. The quantitative estimate of drug-likeness (QED) is 0.529. The first-order valence-electron chi connectivity index (χ1n) is 10.4. The van der Waals surface area contributed by atoms with Crippen molar-refractivity contribution in [1.82, 2.24) is 9.80 Å². The summed E-state index contributed by atoms with van der Waals surface area (Å²) in [6.07, 6.45) is 1.84. The van der Waals surface area contributed by atoms with E-state index in [4.69, 9.17) is 0 Å². The number of benzene rings is 2. The summed E-state index contributed by atoms with van der Waals surface area (Å²) < 4.78 is 0. The molecule has 0 radical (unpaired) electrons. The third-order valence-corrected chi connectivity index (χ3v) is 6.67. The lowest BCUT2D eigenvalue weighted by Crippen LogP contribution is -2.42. The van der Waals surface area contributed by atoms with Crippen molar-refractivity contribution in [3.05, 3.63) is 82.4 Å². The van der Waals surface area contributed by atoms with E-state index >= 15 is 0 Å². The molecule has 1 amide bonds. The van der Waals surface area contributed by atoms with Crippen LogP contribution in [0.15, 0.2) is 71.3 Å². The number of carbonyl (C=O) groups is 1. The Hall–Kier alpha value is -2.26. The Morgan fingerprint density at radius 3 is 2.03 bits per heavy atom. The standard InChI is InChI=1S/C25H29N3OS.ClH/c1-4-18-30-23-22(19-26)25(20-12-7-5-8-13-20,21-14-9-6-10-15-21)24(29)28(23)17-11-16-27(2)3;/h5-10,12-15H,4,11,16-18H2,1-3H3;1H. The van der Waals surface area contributed by atoms with E-state index in [0.717, 1.165) is 41.3 Å². The lowest BCUT2D eigenvalue weighted by molar-refractivity contribution is -0.130. The summed E-state index contributed by atoms with van der Waals surface area (Å²) in [6.45, 7) is 3.62. The van der Waals surface area contributed by atoms with Crippen molar-refractivity contribution in [2.45, 2.75) is 25.2 Å². The smallest absolute Gasteiger partial charge is 0.247 e. The second-order valence-electron chi connectivity index (χ2n) is 7.74. The van der Waals surface area contributed by atoms with Crippen molar-refractivity contribution in [3.8, 4) is 6.07 Å². The Labute approximate surface area is 196 Å². The van der Waals surface area contributed by atoms with Gasteiger partial charge in [-0.05, 0) is 50.4 Å². The summed E-state index contributed by atoms with van der Waals surface area (Å²) in [5.41, 5.74) is 1.16. The number of nitriles is 1. The van der Waals surface area contributed by atoms with Gasteiger partial charge in [0.05, 0.1) is 16.7 Å². The van der Waals surface area contributed by atoms with Gasteiger partial charge in [-0.1, -0.05) is 67.6 Å². The van der Waals surface area contributed by atoms with Crippen molar-refractivity contribution < 1.29 is 4.79 Å². The first kappa shape index (κ1) is 25.0. The molecule has 0 saturated carbocycles. The van der Waals surface area contributed by atoms with Gasteiger partial charge >= 0.3 is 0 Å². The number of hydrogen-bond acceptors (Lipinski definition) is 4. The number of halogens is 1. The van der Waals surface area contributed by atoms with Crippen LogP contribution in [-0.4, -0.2) is 48.6 Å². The summed E-state index contributed by atoms with van der Waals surface area (Å²) in [6, 6.07) is 22.0. The van der Waals surface area contributed by atoms with Gasteiger partial charge in [-0.2, -0.15) is 5.26 Å². The van der Waals surface area contributed by atoms with Crippen molar-refractivity contribution in [3.63, 3.8) is 0 Å². The fourth-order valence-corrected chi connectivity index (χ4v) is 5.07. The largest absolute Gasteiger partial charge is 0.309 e. The molecule has 2 aromatic carbocycles. The van der Waals surface area contributed by atoms with E-state index in [9.17, 15) is 10.1 Å². The zero-order chi connectivity index (χ0) is 21.6. The van der Waals surface area contributed by atoms with Crippen LogP contribution in [0, 0.1) is 11.3 Å². The molecular weight excluding hydrogens is 426 g/mol. The zero-order valence-corrected chi connectivity index (χ0v) is 20.0.